The van der Waals surface area contributed by atoms with Gasteiger partial charge in [0.1, 0.15) is 0 Å². The number of amides is 1. The zero-order chi connectivity index (χ0) is 26.0. The van der Waals surface area contributed by atoms with E-state index in [1.165, 1.54) is 56.7 Å². The number of hydrogen-bond acceptors (Lipinski definition) is 4. The zero-order valence-electron chi connectivity index (χ0n) is 22.8. The summed E-state index contributed by atoms with van der Waals surface area (Å²) in [7, 11) is 1.85. The van der Waals surface area contributed by atoms with Gasteiger partial charge in [-0.3, -0.25) is 9.69 Å². The number of hydrogen-bond donors (Lipinski definition) is 0. The maximum Gasteiger partial charge on any atom is 0.213 e. The summed E-state index contributed by atoms with van der Waals surface area (Å²) >= 11 is 0. The summed E-state index contributed by atoms with van der Waals surface area (Å²) in [6.07, 6.45) is 17.9. The van der Waals surface area contributed by atoms with Crippen molar-refractivity contribution in [1.29, 1.82) is 0 Å². The molecule has 5 aliphatic rings. The fourth-order valence-corrected chi connectivity index (χ4v) is 7.22. The first-order valence-electron chi connectivity index (χ1n) is 14.1. The van der Waals surface area contributed by atoms with E-state index in [1.54, 1.807) is 4.90 Å². The molecule has 1 atom stereocenters. The van der Waals surface area contributed by atoms with Crippen molar-refractivity contribution >= 4 is 23.0 Å². The van der Waals surface area contributed by atoms with Gasteiger partial charge in [0.2, 0.25) is 6.41 Å². The van der Waals surface area contributed by atoms with Gasteiger partial charge in [-0.05, 0) is 79.7 Å². The molecule has 38 heavy (non-hydrogen) atoms. The van der Waals surface area contributed by atoms with Gasteiger partial charge >= 0.3 is 0 Å². The third-order valence-electron chi connectivity index (χ3n) is 9.37. The Morgan fingerprint density at radius 3 is 2.71 bits per heavy atom. The predicted octanol–water partition coefficient (Wildman–Crippen LogP) is 4.51. The van der Waals surface area contributed by atoms with Crippen LogP contribution in [-0.2, 0) is 24.2 Å². The van der Waals surface area contributed by atoms with Crippen LogP contribution >= 0.6 is 0 Å². The quantitative estimate of drug-likeness (QED) is 0.539. The Bertz CT molecular complexity index is 1480. The van der Waals surface area contributed by atoms with Gasteiger partial charge in [0.05, 0.1) is 17.3 Å². The van der Waals surface area contributed by atoms with Crippen LogP contribution in [0.3, 0.4) is 0 Å². The van der Waals surface area contributed by atoms with Crippen molar-refractivity contribution in [3.63, 3.8) is 0 Å². The van der Waals surface area contributed by atoms with E-state index in [4.69, 9.17) is 0 Å². The molecule has 4 aliphatic heterocycles. The summed E-state index contributed by atoms with van der Waals surface area (Å²) in [4.78, 5) is 20.9. The Morgan fingerprint density at radius 1 is 1.05 bits per heavy atom. The molecule has 6 heteroatoms. The van der Waals surface area contributed by atoms with Gasteiger partial charge in [-0.15, -0.1) is 0 Å². The lowest BCUT2D eigenvalue weighted by Crippen LogP contribution is -2.47. The number of anilines is 1. The van der Waals surface area contributed by atoms with Gasteiger partial charge in [-0.25, -0.2) is 0 Å². The average molecular weight is 508 g/mol. The van der Waals surface area contributed by atoms with Crippen molar-refractivity contribution in [3.8, 4) is 0 Å². The van der Waals surface area contributed by atoms with E-state index in [-0.39, 0.29) is 0 Å². The van der Waals surface area contributed by atoms with Crippen LogP contribution < -0.4 is 4.90 Å². The Hall–Kier alpha value is -3.51. The largest absolute Gasteiger partial charge is 0.368 e. The minimum absolute atomic E-state index is 0.374. The van der Waals surface area contributed by atoms with Crippen LogP contribution in [0.2, 0.25) is 0 Å². The third-order valence-corrected chi connectivity index (χ3v) is 9.37. The standard InChI is InChI=1S/C32H37N5O/c1-22-28(29-20-27(33(3)21-38)18-25-8-5-11-36(22)32(25)29)10-12-34-14-16-35(17-15-34)30-19-26-7-4-6-24-9-13-37(23(30)2)31(24)26/h4,6-7,9,13,18-21,31H,5,8,10-12,14-17H2,1-3H3. The number of nitrogens with zero attached hydrogens (tertiary/aromatic N) is 5. The second-order valence-corrected chi connectivity index (χ2v) is 11.4. The number of carbonyl (C=O) groups is 1. The zero-order valence-corrected chi connectivity index (χ0v) is 22.8. The number of rotatable bonds is 6. The minimum atomic E-state index is 0.374. The second kappa shape index (κ2) is 9.05. The summed E-state index contributed by atoms with van der Waals surface area (Å²) in [6, 6.07) is 4.83. The van der Waals surface area contributed by atoms with Gasteiger partial charge in [0.15, 0.2) is 0 Å². The third kappa shape index (κ3) is 3.61. The first kappa shape index (κ1) is 23.6. The van der Waals surface area contributed by atoms with Crippen molar-refractivity contribution in [1.82, 2.24) is 19.3 Å². The van der Waals surface area contributed by atoms with E-state index in [2.05, 4.69) is 81.8 Å². The van der Waals surface area contributed by atoms with Crippen LogP contribution in [0, 0.1) is 6.92 Å². The van der Waals surface area contributed by atoms with Gasteiger partial charge in [-0.1, -0.05) is 18.2 Å². The molecule has 1 aromatic heterocycles. The van der Waals surface area contributed by atoms with E-state index in [1.807, 2.05) is 7.05 Å². The maximum absolute atomic E-state index is 11.5. The molecule has 0 N–H and O–H groups in total. The Kier molecular flexibility index (Phi) is 5.62. The lowest BCUT2D eigenvalue weighted by molar-refractivity contribution is -0.107. The van der Waals surface area contributed by atoms with E-state index in [0.717, 1.165) is 64.2 Å². The van der Waals surface area contributed by atoms with Gasteiger partial charge in [0.25, 0.3) is 0 Å². The summed E-state index contributed by atoms with van der Waals surface area (Å²) < 4.78 is 2.53. The molecule has 1 saturated heterocycles. The maximum atomic E-state index is 11.5. The molecule has 1 fully saturated rings. The summed E-state index contributed by atoms with van der Waals surface area (Å²) in [6.45, 7) is 11.0. The molecule has 0 radical (unpaired) electrons. The van der Waals surface area contributed by atoms with Crippen molar-refractivity contribution in [2.45, 2.75) is 45.7 Å². The van der Waals surface area contributed by atoms with E-state index < -0.39 is 0 Å². The molecule has 0 spiro atoms. The molecule has 1 unspecified atom stereocenters. The summed E-state index contributed by atoms with van der Waals surface area (Å²) in [5.74, 6) is 0. The second-order valence-electron chi connectivity index (χ2n) is 11.4. The minimum Gasteiger partial charge on any atom is -0.368 e. The van der Waals surface area contributed by atoms with Crippen molar-refractivity contribution in [2.24, 2.45) is 0 Å². The molecule has 0 bridgehead atoms. The fourth-order valence-electron chi connectivity index (χ4n) is 7.22. The van der Waals surface area contributed by atoms with Gasteiger partial charge < -0.3 is 19.3 Å². The van der Waals surface area contributed by atoms with E-state index in [0.29, 0.717) is 6.04 Å². The van der Waals surface area contributed by atoms with Crippen molar-refractivity contribution < 1.29 is 4.79 Å². The molecule has 5 heterocycles. The van der Waals surface area contributed by atoms with Crippen LogP contribution in [0.4, 0.5) is 5.69 Å². The fraction of sp³-hybridized carbons (Fsp3) is 0.406. The molecule has 2 aromatic rings. The molecule has 196 valence electrons. The Morgan fingerprint density at radius 2 is 1.89 bits per heavy atom. The first-order chi connectivity index (χ1) is 18.5. The number of allylic oxidation sites excluding steroid dienone is 4. The van der Waals surface area contributed by atoms with Crippen molar-refractivity contribution in [3.05, 3.63) is 88.1 Å². The Labute approximate surface area is 225 Å². The van der Waals surface area contributed by atoms with Crippen LogP contribution in [0.1, 0.15) is 30.2 Å². The summed E-state index contributed by atoms with van der Waals surface area (Å²) in [5, 5.41) is 1.35. The van der Waals surface area contributed by atoms with Crippen LogP contribution in [0.25, 0.3) is 10.9 Å². The highest BCUT2D eigenvalue weighted by atomic mass is 16.1. The average Bonchev–Trinajstić information content (AvgIpc) is 3.51. The topological polar surface area (TPSA) is 35.0 Å². The monoisotopic (exact) mass is 507 g/mol. The van der Waals surface area contributed by atoms with Crippen LogP contribution in [0.15, 0.2) is 71.3 Å². The smallest absolute Gasteiger partial charge is 0.213 e. The lowest BCUT2D eigenvalue weighted by Gasteiger charge is -2.42. The molecule has 1 amide bonds. The predicted molar refractivity (Wildman–Crippen MR) is 154 cm³/mol. The molecular weight excluding hydrogens is 470 g/mol. The molecule has 6 nitrogen and oxygen atoms in total. The Balaban J connectivity index is 1.07. The first-order valence-corrected chi connectivity index (χ1v) is 14.1. The molecule has 1 aromatic carbocycles. The highest BCUT2D eigenvalue weighted by molar-refractivity contribution is 5.93. The molecule has 0 saturated carbocycles. The number of benzene rings is 1. The number of piperazine rings is 1. The lowest BCUT2D eigenvalue weighted by atomic mass is 9.91. The highest BCUT2D eigenvalue weighted by Crippen LogP contribution is 2.39. The SMILES string of the molecule is CC1=C(N2CCN(CCc3c(C)n4c5c(cc(N(C)C=O)cc35)CCC4)CC2)C=C2C=CC=C3C=CN1C32. The summed E-state index contributed by atoms with van der Waals surface area (Å²) in [5.41, 5.74) is 12.2. The van der Waals surface area contributed by atoms with Crippen LogP contribution in [-0.4, -0.2) is 71.5 Å². The number of carbonyl (C=O) groups excluding carboxylic acids is 1. The molecule has 7 rings (SSSR count). The van der Waals surface area contributed by atoms with E-state index in [9.17, 15) is 4.79 Å². The molecular formula is C32H37N5O. The normalized spacial score (nSPS) is 22.2. The van der Waals surface area contributed by atoms with Crippen molar-refractivity contribution in [2.75, 3.05) is 44.7 Å². The number of aromatic nitrogens is 1. The van der Waals surface area contributed by atoms with E-state index >= 15 is 0 Å². The van der Waals surface area contributed by atoms with Gasteiger partial charge in [-0.2, -0.15) is 0 Å². The highest BCUT2D eigenvalue weighted by Gasteiger charge is 2.34. The van der Waals surface area contributed by atoms with Crippen LogP contribution in [0.5, 0.6) is 0 Å². The number of aryl methyl sites for hydroxylation is 2. The molecule has 1 aliphatic carbocycles. The van der Waals surface area contributed by atoms with Gasteiger partial charge in [0, 0.05) is 75.0 Å².